The van der Waals surface area contributed by atoms with Crippen LogP contribution in [0.5, 0.6) is 0 Å². The van der Waals surface area contributed by atoms with E-state index in [1.165, 1.54) is 17.7 Å². The number of nitrogens with one attached hydrogen (secondary N) is 1. The molecule has 0 saturated heterocycles. The fourth-order valence-electron chi connectivity index (χ4n) is 1.89. The highest BCUT2D eigenvalue weighted by Gasteiger charge is 2.18. The predicted octanol–water partition coefficient (Wildman–Crippen LogP) is 4.22. The van der Waals surface area contributed by atoms with Gasteiger partial charge in [-0.05, 0) is 30.7 Å². The van der Waals surface area contributed by atoms with Crippen LogP contribution in [0.25, 0.3) is 0 Å². The van der Waals surface area contributed by atoms with Gasteiger partial charge in [-0.2, -0.15) is 0 Å². The van der Waals surface area contributed by atoms with Crippen LogP contribution < -0.4 is 5.32 Å². The Morgan fingerprint density at radius 2 is 2.07 bits per heavy atom. The van der Waals surface area contributed by atoms with Crippen molar-refractivity contribution in [3.63, 3.8) is 0 Å². The molecule has 0 aromatic carbocycles. The monoisotopic (exact) mass is 225 g/mol. The van der Waals surface area contributed by atoms with Gasteiger partial charge in [0.2, 0.25) is 0 Å². The highest BCUT2D eigenvalue weighted by molar-refractivity contribution is 7.10. The third-order valence-electron chi connectivity index (χ3n) is 2.70. The van der Waals surface area contributed by atoms with E-state index in [0.717, 1.165) is 0 Å². The molecule has 1 aromatic rings. The lowest BCUT2D eigenvalue weighted by Crippen LogP contribution is -2.32. The van der Waals surface area contributed by atoms with Gasteiger partial charge >= 0.3 is 0 Å². The quantitative estimate of drug-likeness (QED) is 0.764. The Balaban J connectivity index is 2.59. The summed E-state index contributed by atoms with van der Waals surface area (Å²) in [5.41, 5.74) is 0. The van der Waals surface area contributed by atoms with Crippen LogP contribution in [-0.4, -0.2) is 6.04 Å². The van der Waals surface area contributed by atoms with Crippen LogP contribution in [0, 0.1) is 5.92 Å². The van der Waals surface area contributed by atoms with E-state index in [4.69, 9.17) is 0 Å². The van der Waals surface area contributed by atoms with Crippen LogP contribution >= 0.6 is 11.3 Å². The molecule has 2 atom stereocenters. The first-order chi connectivity index (χ1) is 7.15. The van der Waals surface area contributed by atoms with Gasteiger partial charge in [-0.1, -0.05) is 33.3 Å². The van der Waals surface area contributed by atoms with Crippen LogP contribution in [0.2, 0.25) is 0 Å². The molecule has 1 nitrogen and oxygen atoms in total. The summed E-state index contributed by atoms with van der Waals surface area (Å²) in [6.45, 7) is 9.10. The van der Waals surface area contributed by atoms with E-state index in [9.17, 15) is 0 Å². The standard InChI is InChI=1S/C13H23NS/c1-5-7-11(4)14-13(10(2)3)12-8-6-9-15-12/h6,8-11,13-14H,5,7H2,1-4H3. The molecule has 1 aromatic heterocycles. The molecular formula is C13H23NS. The highest BCUT2D eigenvalue weighted by atomic mass is 32.1. The number of hydrogen-bond acceptors (Lipinski definition) is 2. The Bertz CT molecular complexity index is 254. The summed E-state index contributed by atoms with van der Waals surface area (Å²) in [6, 6.07) is 5.51. The second-order valence-corrected chi connectivity index (χ2v) is 5.57. The Kier molecular flexibility index (Phi) is 5.34. The molecular weight excluding hydrogens is 202 g/mol. The average molecular weight is 225 g/mol. The van der Waals surface area contributed by atoms with Crippen molar-refractivity contribution in [3.8, 4) is 0 Å². The topological polar surface area (TPSA) is 12.0 Å². The van der Waals surface area contributed by atoms with Gasteiger partial charge < -0.3 is 5.32 Å². The second-order valence-electron chi connectivity index (χ2n) is 4.59. The third-order valence-corrected chi connectivity index (χ3v) is 3.66. The molecule has 0 bridgehead atoms. The zero-order chi connectivity index (χ0) is 11.3. The molecule has 86 valence electrons. The van der Waals surface area contributed by atoms with Crippen molar-refractivity contribution < 1.29 is 0 Å². The highest BCUT2D eigenvalue weighted by Crippen LogP contribution is 2.26. The lowest BCUT2D eigenvalue weighted by Gasteiger charge is -2.25. The van der Waals surface area contributed by atoms with Crippen molar-refractivity contribution in [1.29, 1.82) is 0 Å². The summed E-state index contributed by atoms with van der Waals surface area (Å²) in [6.07, 6.45) is 2.51. The predicted molar refractivity (Wildman–Crippen MR) is 69.4 cm³/mol. The minimum Gasteiger partial charge on any atom is -0.307 e. The van der Waals surface area contributed by atoms with Crippen LogP contribution in [0.4, 0.5) is 0 Å². The number of rotatable bonds is 6. The smallest absolute Gasteiger partial charge is 0.0440 e. The lowest BCUT2D eigenvalue weighted by molar-refractivity contribution is 0.362. The van der Waals surface area contributed by atoms with E-state index in [0.29, 0.717) is 18.0 Å². The first-order valence-corrected chi connectivity index (χ1v) is 6.82. The zero-order valence-corrected chi connectivity index (χ0v) is 11.1. The van der Waals surface area contributed by atoms with Gasteiger partial charge in [0.05, 0.1) is 0 Å². The normalized spacial score (nSPS) is 15.5. The first kappa shape index (κ1) is 12.7. The van der Waals surface area contributed by atoms with Gasteiger partial charge in [-0.25, -0.2) is 0 Å². The van der Waals surface area contributed by atoms with Crippen LogP contribution in [0.3, 0.4) is 0 Å². The van der Waals surface area contributed by atoms with Gasteiger partial charge in [0.25, 0.3) is 0 Å². The van der Waals surface area contributed by atoms with Crippen molar-refractivity contribution in [2.24, 2.45) is 5.92 Å². The van der Waals surface area contributed by atoms with Crippen LogP contribution in [0.15, 0.2) is 17.5 Å². The van der Waals surface area contributed by atoms with Gasteiger partial charge in [-0.15, -0.1) is 11.3 Å². The molecule has 1 rings (SSSR count). The Morgan fingerprint density at radius 3 is 2.53 bits per heavy atom. The minimum absolute atomic E-state index is 0.520. The molecule has 0 aliphatic rings. The molecule has 0 fully saturated rings. The van der Waals surface area contributed by atoms with E-state index < -0.39 is 0 Å². The largest absolute Gasteiger partial charge is 0.307 e. The molecule has 15 heavy (non-hydrogen) atoms. The van der Waals surface area contributed by atoms with E-state index in [2.05, 4.69) is 50.5 Å². The minimum atomic E-state index is 0.520. The summed E-state index contributed by atoms with van der Waals surface area (Å²) >= 11 is 1.86. The van der Waals surface area contributed by atoms with Crippen molar-refractivity contribution in [1.82, 2.24) is 5.32 Å². The van der Waals surface area contributed by atoms with Gasteiger partial charge in [0.1, 0.15) is 0 Å². The number of thiophene rings is 1. The van der Waals surface area contributed by atoms with Crippen molar-refractivity contribution in [2.45, 2.75) is 52.6 Å². The Hall–Kier alpha value is -0.340. The molecule has 2 unspecified atom stereocenters. The molecule has 1 N–H and O–H groups in total. The number of hydrogen-bond donors (Lipinski definition) is 1. The maximum Gasteiger partial charge on any atom is 0.0440 e. The summed E-state index contributed by atoms with van der Waals surface area (Å²) in [7, 11) is 0. The van der Waals surface area contributed by atoms with Crippen molar-refractivity contribution in [2.75, 3.05) is 0 Å². The fourth-order valence-corrected chi connectivity index (χ4v) is 2.85. The second kappa shape index (κ2) is 6.29. The molecule has 0 aliphatic heterocycles. The van der Waals surface area contributed by atoms with Crippen molar-refractivity contribution in [3.05, 3.63) is 22.4 Å². The summed E-state index contributed by atoms with van der Waals surface area (Å²) < 4.78 is 0. The zero-order valence-electron chi connectivity index (χ0n) is 10.3. The molecule has 2 heteroatoms. The molecule has 0 amide bonds. The molecule has 1 heterocycles. The molecule has 0 radical (unpaired) electrons. The van der Waals surface area contributed by atoms with E-state index in [1.807, 2.05) is 11.3 Å². The third kappa shape index (κ3) is 3.96. The first-order valence-electron chi connectivity index (χ1n) is 5.94. The maximum atomic E-state index is 3.73. The van der Waals surface area contributed by atoms with Crippen LogP contribution in [0.1, 0.15) is 51.5 Å². The maximum absolute atomic E-state index is 3.73. The Labute approximate surface area is 97.9 Å². The van der Waals surface area contributed by atoms with Gasteiger partial charge in [0.15, 0.2) is 0 Å². The summed E-state index contributed by atoms with van der Waals surface area (Å²) in [4.78, 5) is 1.47. The molecule has 0 aliphatic carbocycles. The van der Waals surface area contributed by atoms with E-state index >= 15 is 0 Å². The lowest BCUT2D eigenvalue weighted by atomic mass is 10.0. The Morgan fingerprint density at radius 1 is 1.33 bits per heavy atom. The van der Waals surface area contributed by atoms with Gasteiger partial charge in [-0.3, -0.25) is 0 Å². The summed E-state index contributed by atoms with van der Waals surface area (Å²) in [5, 5.41) is 5.89. The van der Waals surface area contributed by atoms with E-state index in [-0.39, 0.29) is 0 Å². The summed E-state index contributed by atoms with van der Waals surface area (Å²) in [5.74, 6) is 0.656. The fraction of sp³-hybridized carbons (Fsp3) is 0.692. The van der Waals surface area contributed by atoms with Crippen LogP contribution in [-0.2, 0) is 0 Å². The SMILES string of the molecule is CCCC(C)NC(c1cccs1)C(C)C. The van der Waals surface area contributed by atoms with Gasteiger partial charge in [0, 0.05) is 17.0 Å². The van der Waals surface area contributed by atoms with E-state index in [1.54, 1.807) is 0 Å². The molecule has 0 saturated carbocycles. The average Bonchev–Trinajstić information content (AvgIpc) is 2.66. The van der Waals surface area contributed by atoms with Crippen molar-refractivity contribution >= 4 is 11.3 Å². The molecule has 0 spiro atoms.